The van der Waals surface area contributed by atoms with Crippen LogP contribution in [0, 0.1) is 11.3 Å². The molecule has 98 valence electrons. The number of nitrogens with zero attached hydrogens (tertiary/aromatic N) is 2. The van der Waals surface area contributed by atoms with Crippen molar-refractivity contribution in [1.82, 2.24) is 4.57 Å². The van der Waals surface area contributed by atoms with Crippen molar-refractivity contribution in [1.29, 1.82) is 5.26 Å². The molecule has 0 unspecified atom stereocenters. The Bertz CT molecular complexity index is 871. The van der Waals surface area contributed by atoms with E-state index in [1.807, 2.05) is 48.5 Å². The van der Waals surface area contributed by atoms with Gasteiger partial charge in [-0.25, -0.2) is 0 Å². The largest absolute Gasteiger partial charge is 0.308 e. The van der Waals surface area contributed by atoms with Crippen LogP contribution >= 0.6 is 0 Å². The summed E-state index contributed by atoms with van der Waals surface area (Å²) in [6.45, 7) is 0.581. The molecule has 3 rings (SSSR count). The van der Waals surface area contributed by atoms with Crippen molar-refractivity contribution in [2.45, 2.75) is 19.4 Å². The molecule has 1 heterocycles. The molecule has 0 N–H and O–H groups in total. The SMILES string of the molecule is N#CCCCn1c(=O)c2ccccc2c2ccccc21. The second-order valence-corrected chi connectivity index (χ2v) is 4.78. The summed E-state index contributed by atoms with van der Waals surface area (Å²) in [4.78, 5) is 12.6. The number of benzene rings is 2. The number of aryl methyl sites for hydroxylation is 1. The highest BCUT2D eigenvalue weighted by Crippen LogP contribution is 2.22. The smallest absolute Gasteiger partial charge is 0.258 e. The highest BCUT2D eigenvalue weighted by Gasteiger charge is 2.09. The molecule has 0 aliphatic carbocycles. The van der Waals surface area contributed by atoms with Crippen LogP contribution in [0.4, 0.5) is 0 Å². The number of rotatable bonds is 3. The Morgan fingerprint density at radius 2 is 1.60 bits per heavy atom. The minimum Gasteiger partial charge on any atom is -0.308 e. The van der Waals surface area contributed by atoms with Gasteiger partial charge in [0.2, 0.25) is 0 Å². The maximum atomic E-state index is 12.6. The molecular formula is C17H14N2O. The van der Waals surface area contributed by atoms with E-state index in [1.54, 1.807) is 4.57 Å². The van der Waals surface area contributed by atoms with Crippen LogP contribution in [0.25, 0.3) is 21.7 Å². The lowest BCUT2D eigenvalue weighted by molar-refractivity contribution is 0.657. The number of unbranched alkanes of at least 4 members (excludes halogenated alkanes) is 1. The maximum Gasteiger partial charge on any atom is 0.258 e. The summed E-state index contributed by atoms with van der Waals surface area (Å²) in [5.74, 6) is 0. The van der Waals surface area contributed by atoms with Gasteiger partial charge in [-0.1, -0.05) is 36.4 Å². The van der Waals surface area contributed by atoms with E-state index in [1.165, 1.54) is 0 Å². The molecule has 0 aliphatic heterocycles. The van der Waals surface area contributed by atoms with Gasteiger partial charge in [0, 0.05) is 23.7 Å². The Hall–Kier alpha value is -2.60. The van der Waals surface area contributed by atoms with E-state index in [9.17, 15) is 4.79 Å². The molecule has 0 amide bonds. The molecule has 0 atom stereocenters. The third-order valence-corrected chi connectivity index (χ3v) is 3.56. The maximum absolute atomic E-state index is 12.6. The zero-order valence-electron chi connectivity index (χ0n) is 11.0. The van der Waals surface area contributed by atoms with Crippen LogP contribution in [0.15, 0.2) is 53.3 Å². The first-order chi connectivity index (χ1) is 9.83. The molecule has 0 fully saturated rings. The summed E-state index contributed by atoms with van der Waals surface area (Å²) in [7, 11) is 0. The molecule has 1 aromatic heterocycles. The second kappa shape index (κ2) is 5.18. The summed E-state index contributed by atoms with van der Waals surface area (Å²) in [5, 5.41) is 11.5. The lowest BCUT2D eigenvalue weighted by Crippen LogP contribution is -2.21. The molecule has 20 heavy (non-hydrogen) atoms. The molecule has 2 aromatic carbocycles. The number of para-hydroxylation sites is 1. The average Bonchev–Trinajstić information content (AvgIpc) is 2.51. The Balaban J connectivity index is 2.33. The summed E-state index contributed by atoms with van der Waals surface area (Å²) >= 11 is 0. The molecule has 0 spiro atoms. The molecular weight excluding hydrogens is 248 g/mol. The van der Waals surface area contributed by atoms with E-state index in [2.05, 4.69) is 6.07 Å². The minimum absolute atomic E-state index is 0.0252. The second-order valence-electron chi connectivity index (χ2n) is 4.78. The molecule has 3 nitrogen and oxygen atoms in total. The van der Waals surface area contributed by atoms with Crippen LogP contribution < -0.4 is 5.56 Å². The van der Waals surface area contributed by atoms with Crippen molar-refractivity contribution in [3.63, 3.8) is 0 Å². The molecule has 0 aliphatic rings. The van der Waals surface area contributed by atoms with E-state index < -0.39 is 0 Å². The van der Waals surface area contributed by atoms with E-state index in [0.29, 0.717) is 19.4 Å². The summed E-state index contributed by atoms with van der Waals surface area (Å²) < 4.78 is 1.79. The van der Waals surface area contributed by atoms with E-state index in [-0.39, 0.29) is 5.56 Å². The molecule has 0 saturated carbocycles. The van der Waals surface area contributed by atoms with Gasteiger partial charge in [-0.05, 0) is 23.9 Å². The molecule has 0 radical (unpaired) electrons. The van der Waals surface area contributed by atoms with Gasteiger partial charge in [-0.3, -0.25) is 4.79 Å². The van der Waals surface area contributed by atoms with Gasteiger partial charge in [-0.15, -0.1) is 0 Å². The van der Waals surface area contributed by atoms with Gasteiger partial charge in [0.1, 0.15) is 0 Å². The van der Waals surface area contributed by atoms with Gasteiger partial charge >= 0.3 is 0 Å². The Labute approximate surface area is 116 Å². The molecule has 3 heteroatoms. The van der Waals surface area contributed by atoms with Crippen molar-refractivity contribution < 1.29 is 0 Å². The predicted octanol–water partition coefficient (Wildman–Crippen LogP) is 3.46. The van der Waals surface area contributed by atoms with Crippen molar-refractivity contribution >= 4 is 21.7 Å². The number of fused-ring (bicyclic) bond motifs is 3. The molecule has 0 saturated heterocycles. The van der Waals surface area contributed by atoms with E-state index in [4.69, 9.17) is 5.26 Å². The summed E-state index contributed by atoms with van der Waals surface area (Å²) in [6.07, 6.45) is 1.16. The highest BCUT2D eigenvalue weighted by molar-refractivity contribution is 6.05. The van der Waals surface area contributed by atoms with Crippen LogP contribution in [-0.4, -0.2) is 4.57 Å². The van der Waals surface area contributed by atoms with Gasteiger partial charge in [0.15, 0.2) is 0 Å². The van der Waals surface area contributed by atoms with E-state index in [0.717, 1.165) is 21.7 Å². The standard InChI is InChI=1S/C17H14N2O/c18-11-5-6-12-19-16-10-4-3-8-14(16)13-7-1-2-9-15(13)17(19)20/h1-4,7-10H,5-6,12H2. The Morgan fingerprint density at radius 1 is 0.950 bits per heavy atom. The fourth-order valence-electron chi connectivity index (χ4n) is 2.63. The van der Waals surface area contributed by atoms with Crippen LogP contribution in [-0.2, 0) is 6.54 Å². The summed E-state index contributed by atoms with van der Waals surface area (Å²) in [5.41, 5.74) is 0.964. The zero-order valence-corrected chi connectivity index (χ0v) is 11.0. The lowest BCUT2D eigenvalue weighted by atomic mass is 10.1. The zero-order chi connectivity index (χ0) is 13.9. The minimum atomic E-state index is 0.0252. The van der Waals surface area contributed by atoms with Crippen LogP contribution in [0.3, 0.4) is 0 Å². The first-order valence-corrected chi connectivity index (χ1v) is 6.70. The van der Waals surface area contributed by atoms with Crippen LogP contribution in [0.2, 0.25) is 0 Å². The fraction of sp³-hybridized carbons (Fsp3) is 0.176. The van der Waals surface area contributed by atoms with Crippen molar-refractivity contribution in [3.05, 3.63) is 58.9 Å². The number of hydrogen-bond donors (Lipinski definition) is 0. The number of pyridine rings is 1. The third kappa shape index (κ3) is 1.96. The van der Waals surface area contributed by atoms with Gasteiger partial charge in [-0.2, -0.15) is 5.26 Å². The monoisotopic (exact) mass is 262 g/mol. The van der Waals surface area contributed by atoms with Crippen molar-refractivity contribution in [2.24, 2.45) is 0 Å². The number of nitriles is 1. The predicted molar refractivity (Wildman–Crippen MR) is 80.6 cm³/mol. The lowest BCUT2D eigenvalue weighted by Gasteiger charge is -2.12. The molecule has 0 bridgehead atoms. The van der Waals surface area contributed by atoms with Gasteiger partial charge < -0.3 is 4.57 Å². The average molecular weight is 262 g/mol. The summed E-state index contributed by atoms with van der Waals surface area (Å²) in [6, 6.07) is 17.8. The van der Waals surface area contributed by atoms with E-state index >= 15 is 0 Å². The molecule has 3 aromatic rings. The first-order valence-electron chi connectivity index (χ1n) is 6.70. The van der Waals surface area contributed by atoms with Crippen LogP contribution in [0.1, 0.15) is 12.8 Å². The van der Waals surface area contributed by atoms with Gasteiger partial charge in [0.05, 0.1) is 11.6 Å². The van der Waals surface area contributed by atoms with Gasteiger partial charge in [0.25, 0.3) is 5.56 Å². The topological polar surface area (TPSA) is 45.8 Å². The Kier molecular flexibility index (Phi) is 3.22. The fourth-order valence-corrected chi connectivity index (χ4v) is 2.63. The number of aromatic nitrogens is 1. The third-order valence-electron chi connectivity index (χ3n) is 3.56. The number of hydrogen-bond acceptors (Lipinski definition) is 2. The highest BCUT2D eigenvalue weighted by atomic mass is 16.1. The normalized spacial score (nSPS) is 10.8. The van der Waals surface area contributed by atoms with Crippen LogP contribution in [0.5, 0.6) is 0 Å². The quantitative estimate of drug-likeness (QED) is 0.536. The Morgan fingerprint density at radius 3 is 2.35 bits per heavy atom. The van der Waals surface area contributed by atoms with Crippen molar-refractivity contribution in [3.8, 4) is 6.07 Å². The van der Waals surface area contributed by atoms with Crippen molar-refractivity contribution in [2.75, 3.05) is 0 Å². The first kappa shape index (κ1) is 12.4.